The maximum absolute atomic E-state index is 11.9. The molecule has 1 aliphatic heterocycles. The topological polar surface area (TPSA) is 64.3 Å². The number of thiocarbonyl (C=S) groups is 1. The van der Waals surface area contributed by atoms with Crippen molar-refractivity contribution in [3.63, 3.8) is 0 Å². The Morgan fingerprint density at radius 2 is 2.37 bits per heavy atom. The SMILES string of the molecule is NC(=S)c1ccc(Cl)c(NC(=O)CC2CCCO2)c1. The molecule has 19 heavy (non-hydrogen) atoms. The second kappa shape index (κ2) is 6.32. The average Bonchev–Trinajstić information content (AvgIpc) is 2.84. The summed E-state index contributed by atoms with van der Waals surface area (Å²) in [5, 5.41) is 3.23. The number of amides is 1. The van der Waals surface area contributed by atoms with Gasteiger partial charge in [0.15, 0.2) is 0 Å². The van der Waals surface area contributed by atoms with E-state index in [4.69, 9.17) is 34.3 Å². The summed E-state index contributed by atoms with van der Waals surface area (Å²) in [5.41, 5.74) is 6.75. The van der Waals surface area contributed by atoms with Crippen molar-refractivity contribution in [2.75, 3.05) is 11.9 Å². The molecule has 1 aliphatic rings. The molecule has 1 saturated heterocycles. The highest BCUT2D eigenvalue weighted by Crippen LogP contribution is 2.24. The molecule has 1 unspecified atom stereocenters. The normalized spacial score (nSPS) is 18.3. The number of anilines is 1. The van der Waals surface area contributed by atoms with Gasteiger partial charge in [-0.2, -0.15) is 0 Å². The Hall–Kier alpha value is -1.17. The van der Waals surface area contributed by atoms with Gasteiger partial charge in [0.25, 0.3) is 0 Å². The predicted molar refractivity (Wildman–Crippen MR) is 79.6 cm³/mol. The second-order valence-corrected chi connectivity index (χ2v) is 5.29. The van der Waals surface area contributed by atoms with Crippen molar-refractivity contribution in [2.45, 2.75) is 25.4 Å². The lowest BCUT2D eigenvalue weighted by Gasteiger charge is -2.11. The average molecular weight is 299 g/mol. The molecule has 1 heterocycles. The van der Waals surface area contributed by atoms with E-state index in [1.165, 1.54) is 0 Å². The summed E-state index contributed by atoms with van der Waals surface area (Å²) in [6.07, 6.45) is 2.29. The monoisotopic (exact) mass is 298 g/mol. The van der Waals surface area contributed by atoms with E-state index in [2.05, 4.69) is 5.32 Å². The van der Waals surface area contributed by atoms with Gasteiger partial charge < -0.3 is 15.8 Å². The van der Waals surface area contributed by atoms with Crippen LogP contribution in [0.1, 0.15) is 24.8 Å². The van der Waals surface area contributed by atoms with Gasteiger partial charge in [-0.3, -0.25) is 4.79 Å². The van der Waals surface area contributed by atoms with Gasteiger partial charge in [0.05, 0.1) is 23.2 Å². The van der Waals surface area contributed by atoms with Crippen LogP contribution in [0.25, 0.3) is 0 Å². The largest absolute Gasteiger partial charge is 0.389 e. The standard InChI is InChI=1S/C13H15ClN2O2S/c14-10-4-3-8(13(15)19)6-11(10)16-12(17)7-9-2-1-5-18-9/h3-4,6,9H,1-2,5,7H2,(H2,15,19)(H,16,17). The first-order valence-electron chi connectivity index (χ1n) is 6.07. The third-order valence-corrected chi connectivity index (χ3v) is 3.53. The first-order valence-corrected chi connectivity index (χ1v) is 6.85. The molecule has 6 heteroatoms. The zero-order valence-electron chi connectivity index (χ0n) is 10.3. The Balaban J connectivity index is 2.02. The third kappa shape index (κ3) is 3.89. The van der Waals surface area contributed by atoms with E-state index in [0.717, 1.165) is 19.4 Å². The summed E-state index contributed by atoms with van der Waals surface area (Å²) in [4.78, 5) is 12.2. The van der Waals surface area contributed by atoms with E-state index in [1.54, 1.807) is 18.2 Å². The molecular weight excluding hydrogens is 284 g/mol. The smallest absolute Gasteiger partial charge is 0.227 e. The van der Waals surface area contributed by atoms with Crippen LogP contribution in [0.2, 0.25) is 5.02 Å². The van der Waals surface area contributed by atoms with Crippen LogP contribution >= 0.6 is 23.8 Å². The molecule has 102 valence electrons. The number of nitrogens with two attached hydrogens (primary N) is 1. The summed E-state index contributed by atoms with van der Waals surface area (Å²) in [7, 11) is 0. The Labute approximate surface area is 122 Å². The van der Waals surface area contributed by atoms with E-state index in [1.807, 2.05) is 0 Å². The van der Waals surface area contributed by atoms with Crippen molar-refractivity contribution in [3.05, 3.63) is 28.8 Å². The molecule has 3 N–H and O–H groups in total. The van der Waals surface area contributed by atoms with E-state index < -0.39 is 0 Å². The minimum Gasteiger partial charge on any atom is -0.389 e. The number of hydrogen-bond acceptors (Lipinski definition) is 3. The lowest BCUT2D eigenvalue weighted by Crippen LogP contribution is -2.20. The van der Waals surface area contributed by atoms with Gasteiger partial charge in [-0.05, 0) is 25.0 Å². The zero-order valence-corrected chi connectivity index (χ0v) is 11.9. The molecule has 0 spiro atoms. The van der Waals surface area contributed by atoms with Crippen molar-refractivity contribution in [1.82, 2.24) is 0 Å². The molecule has 1 amide bonds. The minimum atomic E-state index is -0.117. The molecule has 0 bridgehead atoms. The van der Waals surface area contributed by atoms with Crippen molar-refractivity contribution < 1.29 is 9.53 Å². The van der Waals surface area contributed by atoms with Crippen molar-refractivity contribution in [3.8, 4) is 0 Å². The van der Waals surface area contributed by atoms with Crippen molar-refractivity contribution >= 4 is 40.4 Å². The highest BCUT2D eigenvalue weighted by atomic mass is 35.5. The summed E-state index contributed by atoms with van der Waals surface area (Å²) in [6.45, 7) is 0.732. The number of benzene rings is 1. The molecule has 2 rings (SSSR count). The van der Waals surface area contributed by atoms with Crippen LogP contribution in [-0.2, 0) is 9.53 Å². The van der Waals surface area contributed by atoms with E-state index in [9.17, 15) is 4.79 Å². The highest BCUT2D eigenvalue weighted by molar-refractivity contribution is 7.80. The van der Waals surface area contributed by atoms with Gasteiger partial charge >= 0.3 is 0 Å². The first kappa shape index (κ1) is 14.2. The van der Waals surface area contributed by atoms with Gasteiger partial charge in [-0.15, -0.1) is 0 Å². The number of carbonyl (C=O) groups is 1. The predicted octanol–water partition coefficient (Wildman–Crippen LogP) is 2.48. The van der Waals surface area contributed by atoms with Crippen molar-refractivity contribution in [1.29, 1.82) is 0 Å². The second-order valence-electron chi connectivity index (χ2n) is 4.45. The van der Waals surface area contributed by atoms with Gasteiger partial charge in [-0.25, -0.2) is 0 Å². The Morgan fingerprint density at radius 3 is 3.00 bits per heavy atom. The fourth-order valence-electron chi connectivity index (χ4n) is 1.99. The van der Waals surface area contributed by atoms with Crippen LogP contribution in [-0.4, -0.2) is 23.6 Å². The van der Waals surface area contributed by atoms with Crippen LogP contribution in [0, 0.1) is 0 Å². The van der Waals surface area contributed by atoms with E-state index in [0.29, 0.717) is 22.7 Å². The molecule has 0 aliphatic carbocycles. The van der Waals surface area contributed by atoms with E-state index >= 15 is 0 Å². The highest BCUT2D eigenvalue weighted by Gasteiger charge is 2.19. The summed E-state index contributed by atoms with van der Waals surface area (Å²) in [6, 6.07) is 5.07. The van der Waals surface area contributed by atoms with Gasteiger partial charge in [0.1, 0.15) is 4.99 Å². The molecule has 0 radical (unpaired) electrons. The molecule has 0 saturated carbocycles. The molecule has 0 aromatic heterocycles. The summed E-state index contributed by atoms with van der Waals surface area (Å²) < 4.78 is 5.42. The van der Waals surface area contributed by atoms with E-state index in [-0.39, 0.29) is 17.0 Å². The molecule has 1 aromatic carbocycles. The molecule has 4 nitrogen and oxygen atoms in total. The maximum Gasteiger partial charge on any atom is 0.227 e. The quantitative estimate of drug-likeness (QED) is 0.838. The van der Waals surface area contributed by atoms with Gasteiger partial charge in [-0.1, -0.05) is 29.9 Å². The van der Waals surface area contributed by atoms with Gasteiger partial charge in [0, 0.05) is 12.2 Å². The molecule has 1 fully saturated rings. The number of hydrogen-bond donors (Lipinski definition) is 2. The molecular formula is C13H15ClN2O2S. The molecule has 1 atom stereocenters. The number of halogens is 1. The van der Waals surface area contributed by atoms with Crippen LogP contribution < -0.4 is 11.1 Å². The van der Waals surface area contributed by atoms with Crippen LogP contribution in [0.5, 0.6) is 0 Å². The number of ether oxygens (including phenoxy) is 1. The Kier molecular flexibility index (Phi) is 4.74. The minimum absolute atomic E-state index is 0.0116. The van der Waals surface area contributed by atoms with Gasteiger partial charge in [0.2, 0.25) is 5.91 Å². The number of nitrogens with one attached hydrogen (secondary N) is 1. The number of carbonyl (C=O) groups excluding carboxylic acids is 1. The van der Waals surface area contributed by atoms with Crippen LogP contribution in [0.4, 0.5) is 5.69 Å². The zero-order chi connectivity index (χ0) is 13.8. The maximum atomic E-state index is 11.9. The first-order chi connectivity index (χ1) is 9.06. The lowest BCUT2D eigenvalue weighted by molar-refractivity contribution is -0.118. The van der Waals surface area contributed by atoms with Crippen LogP contribution in [0.3, 0.4) is 0 Å². The van der Waals surface area contributed by atoms with Crippen molar-refractivity contribution in [2.24, 2.45) is 5.73 Å². The fourth-order valence-corrected chi connectivity index (χ4v) is 2.28. The summed E-state index contributed by atoms with van der Waals surface area (Å²) >= 11 is 10.9. The molecule has 1 aromatic rings. The van der Waals surface area contributed by atoms with Crippen LogP contribution in [0.15, 0.2) is 18.2 Å². The summed E-state index contributed by atoms with van der Waals surface area (Å²) in [5.74, 6) is -0.117. The lowest BCUT2D eigenvalue weighted by atomic mass is 10.1. The fraction of sp³-hybridized carbons (Fsp3) is 0.385. The Morgan fingerprint density at radius 1 is 1.58 bits per heavy atom. The number of rotatable bonds is 4. The third-order valence-electron chi connectivity index (χ3n) is 2.96. The Bertz CT molecular complexity index is 501.